The standard InChI is InChI=1S/C26H28N2O5/c29-27-16-24(31-18-21-10-4-1-5-11-21)26(33-20-23-14-8-3-9-15-23)25(17-28-30)32-19-22-12-6-2-7-13-22/h1-17,24-26,29-30H,18-20H2/b27-16+,28-17+/t24-,25+,26?. The maximum atomic E-state index is 9.30. The minimum Gasteiger partial charge on any atom is -0.411 e. The molecule has 0 aromatic heterocycles. The van der Waals surface area contributed by atoms with Gasteiger partial charge in [0.15, 0.2) is 0 Å². The number of hydrogen-bond donors (Lipinski definition) is 2. The van der Waals surface area contributed by atoms with Gasteiger partial charge in [-0.3, -0.25) is 0 Å². The third-order valence-corrected chi connectivity index (χ3v) is 4.93. The third-order valence-electron chi connectivity index (χ3n) is 4.93. The highest BCUT2D eigenvalue weighted by molar-refractivity contribution is 5.68. The number of ether oxygens (including phenoxy) is 3. The van der Waals surface area contributed by atoms with Crippen LogP contribution in [0.2, 0.25) is 0 Å². The Hall–Kier alpha value is -3.52. The second-order valence-corrected chi connectivity index (χ2v) is 7.31. The highest BCUT2D eigenvalue weighted by Crippen LogP contribution is 2.17. The lowest BCUT2D eigenvalue weighted by Crippen LogP contribution is -2.44. The molecule has 3 rings (SSSR count). The maximum Gasteiger partial charge on any atom is 0.125 e. The van der Waals surface area contributed by atoms with Crippen LogP contribution in [-0.2, 0) is 34.0 Å². The Morgan fingerprint density at radius 1 is 0.545 bits per heavy atom. The zero-order chi connectivity index (χ0) is 23.1. The van der Waals surface area contributed by atoms with Crippen LogP contribution in [0.15, 0.2) is 101 Å². The van der Waals surface area contributed by atoms with E-state index in [0.717, 1.165) is 16.7 Å². The Labute approximate surface area is 193 Å². The van der Waals surface area contributed by atoms with E-state index in [-0.39, 0.29) is 19.8 Å². The topological polar surface area (TPSA) is 92.9 Å². The molecule has 1 unspecified atom stereocenters. The summed E-state index contributed by atoms with van der Waals surface area (Å²) in [6, 6.07) is 28.9. The van der Waals surface area contributed by atoms with E-state index in [9.17, 15) is 10.4 Å². The second kappa shape index (κ2) is 13.8. The SMILES string of the molecule is O/N=C/[C@H](OCc1ccccc1)C(OCc1ccccc1)[C@@H](/C=N/O)OCc1ccccc1. The van der Waals surface area contributed by atoms with Gasteiger partial charge < -0.3 is 24.6 Å². The summed E-state index contributed by atoms with van der Waals surface area (Å²) < 4.78 is 18.3. The fourth-order valence-corrected chi connectivity index (χ4v) is 3.25. The van der Waals surface area contributed by atoms with Gasteiger partial charge in [-0.2, -0.15) is 0 Å². The van der Waals surface area contributed by atoms with Crippen LogP contribution in [0.4, 0.5) is 0 Å². The fourth-order valence-electron chi connectivity index (χ4n) is 3.25. The number of oxime groups is 2. The summed E-state index contributed by atoms with van der Waals surface area (Å²) in [6.07, 6.45) is 0.186. The van der Waals surface area contributed by atoms with Gasteiger partial charge in [0.2, 0.25) is 0 Å². The Bertz CT molecular complexity index is 908. The molecule has 3 aromatic carbocycles. The average molecular weight is 449 g/mol. The molecule has 0 aliphatic carbocycles. The lowest BCUT2D eigenvalue weighted by molar-refractivity contribution is -0.110. The quantitative estimate of drug-likeness (QED) is 0.225. The summed E-state index contributed by atoms with van der Waals surface area (Å²) in [5, 5.41) is 25.0. The second-order valence-electron chi connectivity index (χ2n) is 7.31. The summed E-state index contributed by atoms with van der Waals surface area (Å²) in [7, 11) is 0. The van der Waals surface area contributed by atoms with Crippen molar-refractivity contribution >= 4 is 12.4 Å². The monoisotopic (exact) mass is 448 g/mol. The van der Waals surface area contributed by atoms with Crippen LogP contribution >= 0.6 is 0 Å². The smallest absolute Gasteiger partial charge is 0.125 e. The predicted molar refractivity (Wildman–Crippen MR) is 126 cm³/mol. The van der Waals surface area contributed by atoms with E-state index in [0.29, 0.717) is 0 Å². The van der Waals surface area contributed by atoms with Gasteiger partial charge in [-0.15, -0.1) is 0 Å². The average Bonchev–Trinajstić information content (AvgIpc) is 2.87. The van der Waals surface area contributed by atoms with Crippen LogP contribution in [0.3, 0.4) is 0 Å². The molecule has 0 fully saturated rings. The number of hydrogen-bond acceptors (Lipinski definition) is 7. The molecule has 0 bridgehead atoms. The lowest BCUT2D eigenvalue weighted by Gasteiger charge is -2.29. The van der Waals surface area contributed by atoms with Crippen molar-refractivity contribution in [2.24, 2.45) is 10.3 Å². The van der Waals surface area contributed by atoms with E-state index in [1.165, 1.54) is 12.4 Å². The van der Waals surface area contributed by atoms with Gasteiger partial charge in [0.05, 0.1) is 32.2 Å². The first kappa shape index (κ1) is 24.1. The minimum atomic E-state index is -0.780. The molecule has 0 heterocycles. The third kappa shape index (κ3) is 8.16. The first-order valence-corrected chi connectivity index (χ1v) is 10.6. The molecule has 0 amide bonds. The summed E-state index contributed by atoms with van der Waals surface area (Å²) >= 11 is 0. The van der Waals surface area contributed by atoms with Gasteiger partial charge in [-0.25, -0.2) is 0 Å². The van der Waals surface area contributed by atoms with E-state index in [2.05, 4.69) is 10.3 Å². The summed E-state index contributed by atoms with van der Waals surface area (Å²) in [6.45, 7) is 0.801. The molecule has 0 saturated heterocycles. The number of nitrogens with zero attached hydrogens (tertiary/aromatic N) is 2. The Balaban J connectivity index is 1.79. The highest BCUT2D eigenvalue weighted by atomic mass is 16.6. The van der Waals surface area contributed by atoms with Gasteiger partial charge in [0, 0.05) is 0 Å². The van der Waals surface area contributed by atoms with Gasteiger partial charge >= 0.3 is 0 Å². The molecule has 7 nitrogen and oxygen atoms in total. The first-order valence-electron chi connectivity index (χ1n) is 10.6. The molecule has 33 heavy (non-hydrogen) atoms. The van der Waals surface area contributed by atoms with Crippen LogP contribution in [0, 0.1) is 0 Å². The van der Waals surface area contributed by atoms with E-state index in [1.807, 2.05) is 91.0 Å². The van der Waals surface area contributed by atoms with Crippen molar-refractivity contribution in [1.82, 2.24) is 0 Å². The zero-order valence-electron chi connectivity index (χ0n) is 18.2. The maximum absolute atomic E-state index is 9.30. The molecule has 0 aliphatic rings. The Morgan fingerprint density at radius 3 is 1.21 bits per heavy atom. The van der Waals surface area contributed by atoms with Gasteiger partial charge in [0.25, 0.3) is 0 Å². The molecule has 3 atom stereocenters. The van der Waals surface area contributed by atoms with Crippen molar-refractivity contribution in [1.29, 1.82) is 0 Å². The van der Waals surface area contributed by atoms with Crippen LogP contribution < -0.4 is 0 Å². The number of benzene rings is 3. The molecule has 172 valence electrons. The molecule has 0 spiro atoms. The van der Waals surface area contributed by atoms with Gasteiger partial charge in [0.1, 0.15) is 18.3 Å². The molecular weight excluding hydrogens is 420 g/mol. The summed E-state index contributed by atoms with van der Waals surface area (Å²) in [4.78, 5) is 0. The van der Waals surface area contributed by atoms with Crippen LogP contribution in [0.5, 0.6) is 0 Å². The Morgan fingerprint density at radius 2 is 0.879 bits per heavy atom. The van der Waals surface area contributed by atoms with E-state index >= 15 is 0 Å². The van der Waals surface area contributed by atoms with Crippen molar-refractivity contribution in [3.63, 3.8) is 0 Å². The van der Waals surface area contributed by atoms with Crippen molar-refractivity contribution in [2.75, 3.05) is 0 Å². The van der Waals surface area contributed by atoms with Crippen molar-refractivity contribution in [2.45, 2.75) is 38.1 Å². The molecule has 0 saturated carbocycles. The highest BCUT2D eigenvalue weighted by Gasteiger charge is 2.31. The summed E-state index contributed by atoms with van der Waals surface area (Å²) in [5.41, 5.74) is 2.86. The van der Waals surface area contributed by atoms with E-state index in [4.69, 9.17) is 14.2 Å². The molecule has 0 aliphatic heterocycles. The first-order chi connectivity index (χ1) is 16.3. The van der Waals surface area contributed by atoms with Crippen molar-refractivity contribution in [3.8, 4) is 0 Å². The van der Waals surface area contributed by atoms with Crippen molar-refractivity contribution < 1.29 is 24.6 Å². The van der Waals surface area contributed by atoms with Gasteiger partial charge in [-0.1, -0.05) is 101 Å². The predicted octanol–water partition coefficient (Wildman–Crippen LogP) is 4.66. The lowest BCUT2D eigenvalue weighted by atomic mass is 10.1. The Kier molecular flexibility index (Phi) is 10.1. The normalized spacial score (nSPS) is 14.4. The zero-order valence-corrected chi connectivity index (χ0v) is 18.2. The van der Waals surface area contributed by atoms with Crippen LogP contribution in [-0.4, -0.2) is 41.2 Å². The van der Waals surface area contributed by atoms with E-state index < -0.39 is 18.3 Å². The van der Waals surface area contributed by atoms with Crippen LogP contribution in [0.25, 0.3) is 0 Å². The summed E-state index contributed by atoms with van der Waals surface area (Å²) in [5.74, 6) is 0. The molecule has 7 heteroatoms. The largest absolute Gasteiger partial charge is 0.411 e. The molecule has 3 aromatic rings. The molecule has 2 N–H and O–H groups in total. The minimum absolute atomic E-state index is 0.264. The van der Waals surface area contributed by atoms with Crippen molar-refractivity contribution in [3.05, 3.63) is 108 Å². The van der Waals surface area contributed by atoms with Crippen LogP contribution in [0.1, 0.15) is 16.7 Å². The van der Waals surface area contributed by atoms with Gasteiger partial charge in [-0.05, 0) is 16.7 Å². The fraction of sp³-hybridized carbons (Fsp3) is 0.231. The van der Waals surface area contributed by atoms with E-state index in [1.54, 1.807) is 0 Å². The molecule has 0 radical (unpaired) electrons. The number of rotatable bonds is 13. The molecular formula is C26H28N2O5.